The van der Waals surface area contributed by atoms with Gasteiger partial charge in [-0.15, -0.1) is 0 Å². The first-order valence-electron chi connectivity index (χ1n) is 6.69. The molecule has 1 nitrogen and oxygen atoms in total. The van der Waals surface area contributed by atoms with Crippen molar-refractivity contribution in [2.45, 2.75) is 19.8 Å². The van der Waals surface area contributed by atoms with Gasteiger partial charge < -0.3 is 0 Å². The predicted octanol–water partition coefficient (Wildman–Crippen LogP) is 6.36. The second-order valence-electron chi connectivity index (χ2n) is 3.47. The van der Waals surface area contributed by atoms with Gasteiger partial charge in [-0.25, -0.2) is 0 Å². The van der Waals surface area contributed by atoms with Crippen molar-refractivity contribution in [2.75, 3.05) is 0 Å². The summed E-state index contributed by atoms with van der Waals surface area (Å²) in [4.78, 5) is 0. The zero-order valence-corrected chi connectivity index (χ0v) is 13.2. The highest BCUT2D eigenvalue weighted by atomic mass is 14.2. The lowest BCUT2D eigenvalue weighted by Gasteiger charge is -1.85. The van der Waals surface area contributed by atoms with E-state index in [4.69, 9.17) is 5.26 Å². The Morgan fingerprint density at radius 1 is 0.905 bits per heavy atom. The van der Waals surface area contributed by atoms with E-state index in [2.05, 4.69) is 32.9 Å². The molecule has 0 fully saturated rings. The van der Waals surface area contributed by atoms with Crippen LogP contribution in [0.1, 0.15) is 25.3 Å². The lowest BCUT2D eigenvalue weighted by molar-refractivity contribution is 0.969. The number of benzene rings is 1. The number of unbranched alkanes of at least 4 members (excludes halogenated alkanes) is 1. The van der Waals surface area contributed by atoms with Crippen LogP contribution < -0.4 is 0 Å². The summed E-state index contributed by atoms with van der Waals surface area (Å²) >= 11 is 0. The first kappa shape index (κ1) is 23.5. The van der Waals surface area contributed by atoms with Gasteiger partial charge in [-0.1, -0.05) is 101 Å². The minimum absolute atomic E-state index is 0.694. The molecular weight excluding hydrogens is 254 g/mol. The summed E-state index contributed by atoms with van der Waals surface area (Å²) in [6.45, 7) is 19.1. The maximum Gasteiger partial charge on any atom is 0.0621 e. The molecule has 0 aliphatic rings. The molecule has 0 aliphatic heterocycles. The molecule has 0 spiro atoms. The largest absolute Gasteiger partial charge is 0.198 e. The van der Waals surface area contributed by atoms with Gasteiger partial charge in [0.05, 0.1) is 6.07 Å². The quantitative estimate of drug-likeness (QED) is 0.589. The second-order valence-corrected chi connectivity index (χ2v) is 3.47. The summed E-state index contributed by atoms with van der Waals surface area (Å²) in [5.41, 5.74) is 1.17. The van der Waals surface area contributed by atoms with Gasteiger partial charge in [0, 0.05) is 6.42 Å². The summed E-state index contributed by atoms with van der Waals surface area (Å²) in [7, 11) is 0. The molecule has 0 saturated heterocycles. The normalized spacial score (nSPS) is 6.67. The number of hydrogen-bond donors (Lipinski definition) is 0. The lowest BCUT2D eigenvalue weighted by Crippen LogP contribution is -1.63. The third-order valence-corrected chi connectivity index (χ3v) is 1.73. The van der Waals surface area contributed by atoms with Gasteiger partial charge in [0.2, 0.25) is 0 Å². The topological polar surface area (TPSA) is 23.8 Å². The lowest BCUT2D eigenvalue weighted by atomic mass is 10.2. The minimum atomic E-state index is 0.694. The summed E-state index contributed by atoms with van der Waals surface area (Å²) in [6.07, 6.45) is 10.1. The summed E-state index contributed by atoms with van der Waals surface area (Å²) in [5, 5.41) is 7.82. The Morgan fingerprint density at radius 2 is 1.33 bits per heavy atom. The standard InChI is InChI=1S/C8H8.C4H7N.2C4H6/c1-2-8-6-4-3-5-7-8;1-2-3-4-5;2*1-3-4-2/h2-7H,1H2;2-3H2,1H3;2*3-4H,1-2H2. The molecule has 112 valence electrons. The summed E-state index contributed by atoms with van der Waals surface area (Å²) < 4.78 is 0. The molecule has 0 amide bonds. The minimum Gasteiger partial charge on any atom is -0.198 e. The van der Waals surface area contributed by atoms with Crippen LogP contribution in [0.4, 0.5) is 0 Å². The van der Waals surface area contributed by atoms with E-state index in [9.17, 15) is 0 Å². The molecule has 0 aromatic heterocycles. The number of rotatable bonds is 4. The average Bonchev–Trinajstić information content (AvgIpc) is 2.57. The van der Waals surface area contributed by atoms with Gasteiger partial charge in [-0.05, 0) is 12.0 Å². The number of nitriles is 1. The van der Waals surface area contributed by atoms with Crippen LogP contribution >= 0.6 is 0 Å². The molecule has 1 heteroatoms. The van der Waals surface area contributed by atoms with E-state index < -0.39 is 0 Å². The zero-order valence-electron chi connectivity index (χ0n) is 13.2. The summed E-state index contributed by atoms with van der Waals surface area (Å²) in [6, 6.07) is 12.0. The fourth-order valence-electron chi connectivity index (χ4n) is 0.701. The maximum absolute atomic E-state index is 7.82. The Labute approximate surface area is 131 Å². The van der Waals surface area contributed by atoms with Gasteiger partial charge in [-0.3, -0.25) is 0 Å². The van der Waals surface area contributed by atoms with E-state index in [-0.39, 0.29) is 0 Å². The van der Waals surface area contributed by atoms with Gasteiger partial charge in [0.25, 0.3) is 0 Å². The van der Waals surface area contributed by atoms with Crippen molar-refractivity contribution >= 4 is 6.08 Å². The van der Waals surface area contributed by atoms with Crippen LogP contribution in [0.2, 0.25) is 0 Å². The van der Waals surface area contributed by atoms with E-state index in [1.807, 2.05) is 49.4 Å². The Morgan fingerprint density at radius 3 is 1.48 bits per heavy atom. The van der Waals surface area contributed by atoms with Crippen LogP contribution in [-0.2, 0) is 0 Å². The van der Waals surface area contributed by atoms with E-state index in [1.54, 1.807) is 24.3 Å². The van der Waals surface area contributed by atoms with Gasteiger partial charge in [-0.2, -0.15) is 5.26 Å². The van der Waals surface area contributed by atoms with Crippen LogP contribution in [0, 0.1) is 11.3 Å². The number of hydrogen-bond acceptors (Lipinski definition) is 1. The Kier molecular flexibility index (Phi) is 29.2. The molecular formula is C20H27N. The van der Waals surface area contributed by atoms with E-state index in [1.165, 1.54) is 5.56 Å². The molecule has 1 aromatic carbocycles. The van der Waals surface area contributed by atoms with Crippen molar-refractivity contribution in [3.05, 3.63) is 93.1 Å². The Hall–Kier alpha value is -2.59. The third-order valence-electron chi connectivity index (χ3n) is 1.73. The molecule has 0 radical (unpaired) electrons. The molecule has 1 aromatic rings. The fourth-order valence-corrected chi connectivity index (χ4v) is 0.701. The smallest absolute Gasteiger partial charge is 0.0621 e. The second kappa shape index (κ2) is 26.1. The first-order valence-corrected chi connectivity index (χ1v) is 6.69. The van der Waals surface area contributed by atoms with Gasteiger partial charge in [0.15, 0.2) is 0 Å². The van der Waals surface area contributed by atoms with Crippen LogP contribution in [0.15, 0.2) is 87.5 Å². The molecule has 0 bridgehead atoms. The Bertz CT molecular complexity index is 383. The molecule has 0 saturated carbocycles. The fraction of sp³-hybridized carbons (Fsp3) is 0.150. The van der Waals surface area contributed by atoms with Crippen molar-refractivity contribution in [1.29, 1.82) is 5.26 Å². The van der Waals surface area contributed by atoms with E-state index in [0.717, 1.165) is 6.42 Å². The van der Waals surface area contributed by atoms with Crippen molar-refractivity contribution in [1.82, 2.24) is 0 Å². The molecule has 0 atom stereocenters. The number of nitrogens with zero attached hydrogens (tertiary/aromatic N) is 1. The number of allylic oxidation sites excluding steroid dienone is 4. The first-order chi connectivity index (χ1) is 10.2. The van der Waals surface area contributed by atoms with Crippen LogP contribution in [0.25, 0.3) is 6.08 Å². The highest BCUT2D eigenvalue weighted by molar-refractivity contribution is 5.45. The highest BCUT2D eigenvalue weighted by Gasteiger charge is 1.75. The van der Waals surface area contributed by atoms with Gasteiger partial charge >= 0.3 is 0 Å². The molecule has 1 rings (SSSR count). The zero-order chi connectivity index (χ0) is 16.8. The van der Waals surface area contributed by atoms with Crippen LogP contribution in [-0.4, -0.2) is 0 Å². The van der Waals surface area contributed by atoms with E-state index in [0.29, 0.717) is 6.42 Å². The van der Waals surface area contributed by atoms with Crippen LogP contribution in [0.5, 0.6) is 0 Å². The van der Waals surface area contributed by atoms with Crippen molar-refractivity contribution < 1.29 is 0 Å². The molecule has 0 unspecified atom stereocenters. The van der Waals surface area contributed by atoms with Crippen molar-refractivity contribution in [3.8, 4) is 6.07 Å². The Balaban J connectivity index is -0.000000219. The molecule has 0 aliphatic carbocycles. The average molecular weight is 281 g/mol. The van der Waals surface area contributed by atoms with Crippen molar-refractivity contribution in [3.63, 3.8) is 0 Å². The van der Waals surface area contributed by atoms with Crippen LogP contribution in [0.3, 0.4) is 0 Å². The molecule has 0 heterocycles. The monoisotopic (exact) mass is 281 g/mol. The predicted molar refractivity (Wildman–Crippen MR) is 97.8 cm³/mol. The molecule has 0 N–H and O–H groups in total. The highest BCUT2D eigenvalue weighted by Crippen LogP contribution is 1.97. The van der Waals surface area contributed by atoms with E-state index >= 15 is 0 Å². The molecule has 21 heavy (non-hydrogen) atoms. The SMILES string of the molecule is C=CC=C.C=CC=C.C=Cc1ccccc1.CCCC#N. The summed E-state index contributed by atoms with van der Waals surface area (Å²) in [5.74, 6) is 0. The van der Waals surface area contributed by atoms with Gasteiger partial charge in [0.1, 0.15) is 0 Å². The maximum atomic E-state index is 7.82. The van der Waals surface area contributed by atoms with Crippen molar-refractivity contribution in [2.24, 2.45) is 0 Å². The third kappa shape index (κ3) is 31.8.